The van der Waals surface area contributed by atoms with E-state index in [9.17, 15) is 0 Å². The van der Waals surface area contributed by atoms with E-state index in [1.54, 1.807) is 11.1 Å². The minimum Gasteiger partial charge on any atom is -0.316 e. The molecule has 1 heterocycles. The third kappa shape index (κ3) is 2.85. The topological polar surface area (TPSA) is 15.3 Å². The lowest BCUT2D eigenvalue weighted by Gasteiger charge is -2.31. The number of nitrogens with zero attached hydrogens (tertiary/aromatic N) is 1. The summed E-state index contributed by atoms with van der Waals surface area (Å²) in [6, 6.07) is 7.65. The molecule has 1 saturated heterocycles. The molecule has 1 aromatic rings. The first-order valence-corrected chi connectivity index (χ1v) is 7.74. The molecule has 3 rings (SSSR count). The van der Waals surface area contributed by atoms with Crippen molar-refractivity contribution in [2.75, 3.05) is 26.7 Å². The van der Waals surface area contributed by atoms with Gasteiger partial charge in [0, 0.05) is 12.6 Å². The van der Waals surface area contributed by atoms with Crippen molar-refractivity contribution in [3.8, 4) is 0 Å². The first kappa shape index (κ1) is 13.1. The van der Waals surface area contributed by atoms with E-state index < -0.39 is 0 Å². The van der Waals surface area contributed by atoms with Gasteiger partial charge in [-0.1, -0.05) is 23.8 Å². The zero-order valence-electron chi connectivity index (χ0n) is 12.3. The van der Waals surface area contributed by atoms with Gasteiger partial charge >= 0.3 is 0 Å². The number of piperidine rings is 1. The molecule has 0 bridgehead atoms. The highest BCUT2D eigenvalue weighted by molar-refractivity contribution is 5.37. The Balaban J connectivity index is 1.68. The van der Waals surface area contributed by atoms with Gasteiger partial charge in [0.05, 0.1) is 0 Å². The van der Waals surface area contributed by atoms with Gasteiger partial charge in [-0.3, -0.25) is 4.90 Å². The maximum atomic E-state index is 3.53. The molecule has 2 aliphatic rings. The van der Waals surface area contributed by atoms with Gasteiger partial charge in [0.1, 0.15) is 0 Å². The second kappa shape index (κ2) is 5.64. The molecule has 2 unspecified atom stereocenters. The molecule has 104 valence electrons. The fraction of sp³-hybridized carbons (Fsp3) is 0.647. The van der Waals surface area contributed by atoms with Crippen molar-refractivity contribution in [3.63, 3.8) is 0 Å². The molecule has 0 amide bonds. The monoisotopic (exact) mass is 258 g/mol. The van der Waals surface area contributed by atoms with Crippen LogP contribution in [0, 0.1) is 12.8 Å². The van der Waals surface area contributed by atoms with E-state index in [1.807, 2.05) is 0 Å². The standard InChI is InChI=1S/C17H26N2/c1-13-5-6-15-7-8-17(16(15)10-13)19(2)12-14-4-3-9-18-11-14/h5-6,10,14,17-18H,3-4,7-9,11-12H2,1-2H3. The van der Waals surface area contributed by atoms with E-state index in [-0.39, 0.29) is 0 Å². The van der Waals surface area contributed by atoms with Crippen molar-refractivity contribution in [3.05, 3.63) is 34.9 Å². The summed E-state index contributed by atoms with van der Waals surface area (Å²) in [5.41, 5.74) is 4.56. The van der Waals surface area contributed by atoms with Gasteiger partial charge in [0.15, 0.2) is 0 Å². The van der Waals surface area contributed by atoms with E-state index in [0.29, 0.717) is 6.04 Å². The van der Waals surface area contributed by atoms with E-state index in [4.69, 9.17) is 0 Å². The fourth-order valence-electron chi connectivity index (χ4n) is 3.77. The molecule has 0 radical (unpaired) electrons. The van der Waals surface area contributed by atoms with E-state index >= 15 is 0 Å². The molecule has 2 nitrogen and oxygen atoms in total. The summed E-state index contributed by atoms with van der Waals surface area (Å²) in [7, 11) is 2.32. The van der Waals surface area contributed by atoms with Crippen molar-refractivity contribution >= 4 is 0 Å². The highest BCUT2D eigenvalue weighted by atomic mass is 15.1. The van der Waals surface area contributed by atoms with Crippen LogP contribution >= 0.6 is 0 Å². The molecule has 2 atom stereocenters. The zero-order chi connectivity index (χ0) is 13.2. The first-order chi connectivity index (χ1) is 9.24. The number of nitrogens with one attached hydrogen (secondary N) is 1. The van der Waals surface area contributed by atoms with Crippen LogP contribution in [0.15, 0.2) is 18.2 Å². The second-order valence-electron chi connectivity index (χ2n) is 6.41. The molecule has 1 N–H and O–H groups in total. The SMILES string of the molecule is Cc1ccc2c(c1)C(N(C)CC1CCCNC1)CC2. The minimum atomic E-state index is 0.650. The Hall–Kier alpha value is -0.860. The lowest BCUT2D eigenvalue weighted by molar-refractivity contribution is 0.188. The van der Waals surface area contributed by atoms with Crippen LogP contribution in [-0.2, 0) is 6.42 Å². The highest BCUT2D eigenvalue weighted by Crippen LogP contribution is 2.36. The quantitative estimate of drug-likeness (QED) is 0.897. The van der Waals surface area contributed by atoms with E-state index in [2.05, 4.69) is 42.4 Å². The lowest BCUT2D eigenvalue weighted by Crippen LogP contribution is -2.37. The molecule has 19 heavy (non-hydrogen) atoms. The summed E-state index contributed by atoms with van der Waals surface area (Å²) >= 11 is 0. The predicted molar refractivity (Wildman–Crippen MR) is 80.5 cm³/mol. The Morgan fingerprint density at radius 3 is 3.00 bits per heavy atom. The van der Waals surface area contributed by atoms with Crippen LogP contribution in [-0.4, -0.2) is 31.6 Å². The average molecular weight is 258 g/mol. The summed E-state index contributed by atoms with van der Waals surface area (Å²) in [6.07, 6.45) is 5.30. The van der Waals surface area contributed by atoms with Gasteiger partial charge in [-0.2, -0.15) is 0 Å². The van der Waals surface area contributed by atoms with Gasteiger partial charge in [0.2, 0.25) is 0 Å². The molecular formula is C17H26N2. The van der Waals surface area contributed by atoms with E-state index in [1.165, 1.54) is 50.9 Å². The van der Waals surface area contributed by atoms with Crippen LogP contribution in [0.3, 0.4) is 0 Å². The largest absolute Gasteiger partial charge is 0.316 e. The molecule has 0 spiro atoms. The highest BCUT2D eigenvalue weighted by Gasteiger charge is 2.27. The molecule has 1 aromatic carbocycles. The van der Waals surface area contributed by atoms with Crippen LogP contribution < -0.4 is 5.32 Å². The van der Waals surface area contributed by atoms with Crippen molar-refractivity contribution < 1.29 is 0 Å². The average Bonchev–Trinajstić information content (AvgIpc) is 2.82. The van der Waals surface area contributed by atoms with Gasteiger partial charge in [0.25, 0.3) is 0 Å². The maximum absolute atomic E-state index is 3.53. The number of fused-ring (bicyclic) bond motifs is 1. The van der Waals surface area contributed by atoms with Gasteiger partial charge in [-0.15, -0.1) is 0 Å². The summed E-state index contributed by atoms with van der Waals surface area (Å²) in [5, 5.41) is 3.53. The Kier molecular flexibility index (Phi) is 3.90. The van der Waals surface area contributed by atoms with Gasteiger partial charge < -0.3 is 5.32 Å². The Morgan fingerprint density at radius 2 is 2.21 bits per heavy atom. The van der Waals surface area contributed by atoms with Crippen LogP contribution in [0.4, 0.5) is 0 Å². The third-order valence-electron chi connectivity index (χ3n) is 4.82. The third-order valence-corrected chi connectivity index (χ3v) is 4.82. The number of rotatable bonds is 3. The summed E-state index contributed by atoms with van der Waals surface area (Å²) in [4.78, 5) is 2.60. The Bertz CT molecular complexity index is 435. The Labute approximate surface area is 117 Å². The van der Waals surface area contributed by atoms with Crippen LogP contribution in [0.2, 0.25) is 0 Å². The fourth-order valence-corrected chi connectivity index (χ4v) is 3.77. The second-order valence-corrected chi connectivity index (χ2v) is 6.41. The number of hydrogen-bond acceptors (Lipinski definition) is 2. The zero-order valence-corrected chi connectivity index (χ0v) is 12.3. The molecule has 1 aliphatic carbocycles. The molecular weight excluding hydrogens is 232 g/mol. The van der Waals surface area contributed by atoms with Crippen LogP contribution in [0.25, 0.3) is 0 Å². The van der Waals surface area contributed by atoms with Crippen molar-refractivity contribution in [1.82, 2.24) is 10.2 Å². The maximum Gasteiger partial charge on any atom is 0.0351 e. The number of benzene rings is 1. The normalized spacial score (nSPS) is 26.7. The molecule has 1 aliphatic heterocycles. The molecule has 2 heteroatoms. The van der Waals surface area contributed by atoms with Crippen LogP contribution in [0.5, 0.6) is 0 Å². The predicted octanol–water partition coefficient (Wildman–Crippen LogP) is 2.91. The minimum absolute atomic E-state index is 0.650. The molecule has 0 saturated carbocycles. The molecule has 0 aromatic heterocycles. The van der Waals surface area contributed by atoms with Gasteiger partial charge in [-0.25, -0.2) is 0 Å². The van der Waals surface area contributed by atoms with Crippen LogP contribution in [0.1, 0.15) is 42.0 Å². The van der Waals surface area contributed by atoms with E-state index in [0.717, 1.165) is 5.92 Å². The number of hydrogen-bond donors (Lipinski definition) is 1. The molecule has 1 fully saturated rings. The van der Waals surface area contributed by atoms with Gasteiger partial charge in [-0.05, 0) is 69.8 Å². The first-order valence-electron chi connectivity index (χ1n) is 7.74. The summed E-state index contributed by atoms with van der Waals surface area (Å²) < 4.78 is 0. The van der Waals surface area contributed by atoms with Crippen molar-refractivity contribution in [1.29, 1.82) is 0 Å². The van der Waals surface area contributed by atoms with Crippen molar-refractivity contribution in [2.24, 2.45) is 5.92 Å². The number of aryl methyl sites for hydroxylation is 2. The van der Waals surface area contributed by atoms with Crippen molar-refractivity contribution in [2.45, 2.75) is 38.6 Å². The smallest absolute Gasteiger partial charge is 0.0351 e. The summed E-state index contributed by atoms with van der Waals surface area (Å²) in [6.45, 7) is 5.87. The lowest BCUT2D eigenvalue weighted by atomic mass is 9.97. The Morgan fingerprint density at radius 1 is 1.32 bits per heavy atom. The summed E-state index contributed by atoms with van der Waals surface area (Å²) in [5.74, 6) is 0.840.